The van der Waals surface area contributed by atoms with E-state index in [4.69, 9.17) is 0 Å². The van der Waals surface area contributed by atoms with E-state index in [-0.39, 0.29) is 5.56 Å². The highest BCUT2D eigenvalue weighted by Crippen LogP contribution is 2.36. The number of hydrogen-bond donors (Lipinski definition) is 2. The molecule has 2 rings (SSSR count). The number of aliphatic carboxylic acids is 1. The monoisotopic (exact) mass is 279 g/mol. The van der Waals surface area contributed by atoms with Gasteiger partial charge in [0, 0.05) is 19.0 Å². The number of anilines is 1. The molecular weight excluding hydrogens is 258 g/mol. The first-order valence-electron chi connectivity index (χ1n) is 7.14. The molecule has 0 amide bonds. The van der Waals surface area contributed by atoms with E-state index < -0.39 is 11.5 Å². The highest BCUT2D eigenvalue weighted by molar-refractivity contribution is 5.84. The summed E-state index contributed by atoms with van der Waals surface area (Å²) in [5.41, 5.74) is -1.14. The lowest BCUT2D eigenvalue weighted by atomic mass is 9.90. The first kappa shape index (κ1) is 14.6. The smallest absolute Gasteiger partial charge is 0.329 e. The third kappa shape index (κ3) is 2.42. The lowest BCUT2D eigenvalue weighted by Gasteiger charge is -2.35. The minimum Gasteiger partial charge on any atom is -0.479 e. The quantitative estimate of drug-likeness (QED) is 0.854. The Kier molecular flexibility index (Phi) is 4.11. The molecule has 1 saturated heterocycles. The number of carbonyl (C=O) groups is 1. The number of rotatable bonds is 5. The molecule has 6 heteroatoms. The number of aryl methyl sites for hydroxylation is 1. The summed E-state index contributed by atoms with van der Waals surface area (Å²) in [6.07, 6.45) is 3.38. The Morgan fingerprint density at radius 2 is 2.30 bits per heavy atom. The molecule has 0 spiro atoms. The van der Waals surface area contributed by atoms with Gasteiger partial charge in [-0.15, -0.1) is 0 Å². The zero-order valence-corrected chi connectivity index (χ0v) is 12.0. The fourth-order valence-corrected chi connectivity index (χ4v) is 3.02. The maximum atomic E-state index is 11.8. The van der Waals surface area contributed by atoms with Crippen LogP contribution >= 0.6 is 0 Å². The molecule has 6 nitrogen and oxygen atoms in total. The van der Waals surface area contributed by atoms with Crippen LogP contribution in [-0.4, -0.2) is 33.1 Å². The molecule has 0 aliphatic carbocycles. The Bertz CT molecular complexity index is 555. The molecule has 1 fully saturated rings. The zero-order chi connectivity index (χ0) is 14.8. The van der Waals surface area contributed by atoms with Crippen molar-refractivity contribution in [1.29, 1.82) is 0 Å². The number of carboxylic acids is 1. The van der Waals surface area contributed by atoms with Gasteiger partial charge in [-0.3, -0.25) is 4.79 Å². The van der Waals surface area contributed by atoms with Gasteiger partial charge >= 0.3 is 5.97 Å². The van der Waals surface area contributed by atoms with Gasteiger partial charge < -0.3 is 15.0 Å². The fraction of sp³-hybridized carbons (Fsp3) is 0.643. The number of nitrogens with one attached hydrogen (secondary N) is 1. The summed E-state index contributed by atoms with van der Waals surface area (Å²) < 4.78 is 0. The van der Waals surface area contributed by atoms with E-state index in [9.17, 15) is 14.7 Å². The number of H-pyrrole nitrogens is 1. The second kappa shape index (κ2) is 5.64. The Balaban J connectivity index is 2.46. The minimum absolute atomic E-state index is 0.227. The van der Waals surface area contributed by atoms with Crippen LogP contribution in [0.1, 0.15) is 45.4 Å². The molecule has 0 saturated carbocycles. The van der Waals surface area contributed by atoms with Crippen molar-refractivity contribution < 1.29 is 9.90 Å². The van der Waals surface area contributed by atoms with Crippen LogP contribution in [0.15, 0.2) is 10.9 Å². The topological polar surface area (TPSA) is 86.3 Å². The Morgan fingerprint density at radius 3 is 2.90 bits per heavy atom. The predicted octanol–water partition coefficient (Wildman–Crippen LogP) is 1.56. The number of aromatic nitrogens is 2. The average molecular weight is 279 g/mol. The molecule has 1 aliphatic heterocycles. The van der Waals surface area contributed by atoms with Crippen molar-refractivity contribution in [3.63, 3.8) is 0 Å². The van der Waals surface area contributed by atoms with Crippen molar-refractivity contribution in [1.82, 2.24) is 9.97 Å². The molecule has 20 heavy (non-hydrogen) atoms. The summed E-state index contributed by atoms with van der Waals surface area (Å²) in [5, 5.41) is 9.67. The van der Waals surface area contributed by atoms with Gasteiger partial charge in [-0.05, 0) is 19.3 Å². The van der Waals surface area contributed by atoms with Gasteiger partial charge in [0.2, 0.25) is 0 Å². The van der Waals surface area contributed by atoms with Gasteiger partial charge in [0.05, 0.1) is 0 Å². The summed E-state index contributed by atoms with van der Waals surface area (Å²) in [6, 6.07) is 1.40. The van der Waals surface area contributed by atoms with Crippen molar-refractivity contribution in [3.8, 4) is 0 Å². The van der Waals surface area contributed by atoms with Crippen LogP contribution in [0.3, 0.4) is 0 Å². The summed E-state index contributed by atoms with van der Waals surface area (Å²) >= 11 is 0. The summed E-state index contributed by atoms with van der Waals surface area (Å²) in [6.45, 7) is 4.51. The van der Waals surface area contributed by atoms with Gasteiger partial charge in [0.15, 0.2) is 0 Å². The van der Waals surface area contributed by atoms with E-state index in [2.05, 4.69) is 9.97 Å². The van der Waals surface area contributed by atoms with Crippen LogP contribution in [-0.2, 0) is 11.2 Å². The fourth-order valence-electron chi connectivity index (χ4n) is 3.02. The molecule has 1 aromatic rings. The van der Waals surface area contributed by atoms with E-state index >= 15 is 0 Å². The van der Waals surface area contributed by atoms with E-state index in [1.54, 1.807) is 4.90 Å². The molecule has 110 valence electrons. The van der Waals surface area contributed by atoms with Crippen LogP contribution in [0.2, 0.25) is 0 Å². The number of carboxylic acid groups (broad SMARTS) is 1. The minimum atomic E-state index is -0.916. The molecule has 0 aromatic carbocycles. The third-order valence-electron chi connectivity index (χ3n) is 3.94. The normalized spacial score (nSPS) is 22.2. The SMILES string of the molecule is CCCC1(C(=O)O)CCCN1c1cc(=O)[nH]c(CC)n1. The molecule has 1 unspecified atom stereocenters. The molecular formula is C14H21N3O3. The van der Waals surface area contributed by atoms with Gasteiger partial charge in [-0.1, -0.05) is 20.3 Å². The van der Waals surface area contributed by atoms with Gasteiger partial charge in [-0.2, -0.15) is 0 Å². The third-order valence-corrected chi connectivity index (χ3v) is 3.94. The second-order valence-electron chi connectivity index (χ2n) is 5.25. The Hall–Kier alpha value is -1.85. The van der Waals surface area contributed by atoms with Crippen molar-refractivity contribution in [2.24, 2.45) is 0 Å². The highest BCUT2D eigenvalue weighted by Gasteiger charge is 2.47. The lowest BCUT2D eigenvalue weighted by Crippen LogP contribution is -2.51. The first-order chi connectivity index (χ1) is 9.53. The summed E-state index contributed by atoms with van der Waals surface area (Å²) in [5.74, 6) is 0.256. The molecule has 0 radical (unpaired) electrons. The van der Waals surface area contributed by atoms with Crippen LogP contribution in [0.5, 0.6) is 0 Å². The lowest BCUT2D eigenvalue weighted by molar-refractivity contribution is -0.143. The van der Waals surface area contributed by atoms with Crippen LogP contribution in [0.25, 0.3) is 0 Å². The van der Waals surface area contributed by atoms with Crippen molar-refractivity contribution in [3.05, 3.63) is 22.2 Å². The van der Waals surface area contributed by atoms with Crippen molar-refractivity contribution in [2.75, 3.05) is 11.4 Å². The number of aromatic amines is 1. The van der Waals surface area contributed by atoms with Crippen LogP contribution in [0.4, 0.5) is 5.82 Å². The van der Waals surface area contributed by atoms with Gasteiger partial charge in [0.1, 0.15) is 17.2 Å². The van der Waals surface area contributed by atoms with Gasteiger partial charge in [-0.25, -0.2) is 9.78 Å². The first-order valence-corrected chi connectivity index (χ1v) is 7.14. The van der Waals surface area contributed by atoms with Crippen molar-refractivity contribution in [2.45, 2.75) is 51.5 Å². The molecule has 0 bridgehead atoms. The zero-order valence-electron chi connectivity index (χ0n) is 12.0. The van der Waals surface area contributed by atoms with Crippen molar-refractivity contribution >= 4 is 11.8 Å². The second-order valence-corrected chi connectivity index (χ2v) is 5.25. The highest BCUT2D eigenvalue weighted by atomic mass is 16.4. The molecule has 1 aliphatic rings. The Labute approximate surface area is 117 Å². The predicted molar refractivity (Wildman–Crippen MR) is 76.1 cm³/mol. The molecule has 2 N–H and O–H groups in total. The molecule has 2 heterocycles. The van der Waals surface area contributed by atoms with E-state index in [0.717, 1.165) is 12.8 Å². The van der Waals surface area contributed by atoms with Crippen LogP contribution < -0.4 is 10.5 Å². The van der Waals surface area contributed by atoms with E-state index in [0.29, 0.717) is 37.4 Å². The largest absolute Gasteiger partial charge is 0.479 e. The standard InChI is InChI=1S/C14H21N3O3/c1-3-6-14(13(19)20)7-5-8-17(14)11-9-12(18)16-10(4-2)15-11/h9H,3-8H2,1-2H3,(H,19,20)(H,15,16,18). The molecule has 1 atom stereocenters. The number of hydrogen-bond acceptors (Lipinski definition) is 4. The maximum absolute atomic E-state index is 11.8. The maximum Gasteiger partial charge on any atom is 0.329 e. The van der Waals surface area contributed by atoms with Gasteiger partial charge in [0.25, 0.3) is 5.56 Å². The average Bonchev–Trinajstić information content (AvgIpc) is 2.83. The Morgan fingerprint density at radius 1 is 1.55 bits per heavy atom. The van der Waals surface area contributed by atoms with Crippen LogP contribution in [0, 0.1) is 0 Å². The summed E-state index contributed by atoms with van der Waals surface area (Å²) in [7, 11) is 0. The van der Waals surface area contributed by atoms with E-state index in [1.165, 1.54) is 6.07 Å². The number of nitrogens with zero attached hydrogens (tertiary/aromatic N) is 2. The molecule has 1 aromatic heterocycles. The van der Waals surface area contributed by atoms with E-state index in [1.807, 2.05) is 13.8 Å². The summed E-state index contributed by atoms with van der Waals surface area (Å²) in [4.78, 5) is 32.3.